The van der Waals surface area contributed by atoms with Crippen molar-refractivity contribution in [3.05, 3.63) is 48.6 Å². The van der Waals surface area contributed by atoms with Crippen LogP contribution < -0.4 is 0 Å². The predicted octanol–water partition coefficient (Wildman–Crippen LogP) is 5.94. The van der Waals surface area contributed by atoms with Crippen LogP contribution in [0, 0.1) is 5.92 Å². The molecule has 0 unspecified atom stereocenters. The van der Waals surface area contributed by atoms with Gasteiger partial charge < -0.3 is 19.1 Å². The van der Waals surface area contributed by atoms with Crippen molar-refractivity contribution in [2.24, 2.45) is 5.92 Å². The first-order chi connectivity index (χ1) is 14.7. The minimum atomic E-state index is -0.199. The van der Waals surface area contributed by atoms with Gasteiger partial charge in [-0.05, 0) is 50.0 Å². The fraction of sp³-hybridized carbons (Fsp3) is 0.640. The molecule has 168 valence electrons. The summed E-state index contributed by atoms with van der Waals surface area (Å²) < 4.78 is 16.2. The molecule has 0 radical (unpaired) electrons. The number of hydrogen-bond acceptors (Lipinski definition) is 4. The van der Waals surface area contributed by atoms with Gasteiger partial charge in [0.15, 0.2) is 0 Å². The average molecular weight is 418 g/mol. The molecule has 0 spiro atoms. The van der Waals surface area contributed by atoms with E-state index in [-0.39, 0.29) is 18.2 Å². The second-order valence-corrected chi connectivity index (χ2v) is 8.13. The molecule has 1 heterocycles. The van der Waals surface area contributed by atoms with Gasteiger partial charge in [0.1, 0.15) is 13.4 Å². The van der Waals surface area contributed by atoms with E-state index in [2.05, 4.69) is 13.5 Å². The highest BCUT2D eigenvalue weighted by molar-refractivity contribution is 5.69. The van der Waals surface area contributed by atoms with Crippen LogP contribution in [0.5, 0.6) is 0 Å². The average Bonchev–Trinajstić information content (AvgIpc) is 2.77. The molecule has 1 aromatic carbocycles. The van der Waals surface area contributed by atoms with Gasteiger partial charge in [0.05, 0.1) is 0 Å². The molecule has 2 rings (SSSR count). The van der Waals surface area contributed by atoms with E-state index >= 15 is 0 Å². The fourth-order valence-electron chi connectivity index (χ4n) is 4.45. The van der Waals surface area contributed by atoms with Crippen LogP contribution in [-0.2, 0) is 20.8 Å². The molecule has 1 aliphatic rings. The van der Waals surface area contributed by atoms with E-state index in [1.165, 1.54) is 12.8 Å². The number of ether oxygens (including phenoxy) is 3. The summed E-state index contributed by atoms with van der Waals surface area (Å²) in [6.07, 6.45) is 10.0. The highest BCUT2D eigenvalue weighted by Crippen LogP contribution is 2.36. The largest absolute Gasteiger partial charge is 0.445 e. The van der Waals surface area contributed by atoms with E-state index in [9.17, 15) is 4.79 Å². The second-order valence-electron chi connectivity index (χ2n) is 8.13. The van der Waals surface area contributed by atoms with Gasteiger partial charge in [-0.3, -0.25) is 0 Å². The maximum absolute atomic E-state index is 13.2. The van der Waals surface area contributed by atoms with E-state index in [4.69, 9.17) is 14.2 Å². The van der Waals surface area contributed by atoms with Crippen molar-refractivity contribution >= 4 is 6.09 Å². The molecule has 30 heavy (non-hydrogen) atoms. The lowest BCUT2D eigenvalue weighted by molar-refractivity contribution is -0.0364. The summed E-state index contributed by atoms with van der Waals surface area (Å²) >= 11 is 0. The molecule has 0 saturated carbocycles. The number of carbonyl (C=O) groups is 1. The standard InChI is InChI=1S/C25H39NO4/c1-4-6-14-22-16-17-23(11-5-2)26(24(22)15-10-18-29-20-28-3)25(27)30-19-21-12-8-7-9-13-21/h5,7-9,12-13,22-24H,2,4,6,10-11,14-20H2,1,3H3/t22-,23+,24+/m0/s1. The normalized spacial score (nSPS) is 21.4. The number of benzene rings is 1. The Kier molecular flexibility index (Phi) is 11.6. The molecular weight excluding hydrogens is 378 g/mol. The Balaban J connectivity index is 2.09. The predicted molar refractivity (Wildman–Crippen MR) is 120 cm³/mol. The summed E-state index contributed by atoms with van der Waals surface area (Å²) in [5, 5.41) is 0. The summed E-state index contributed by atoms with van der Waals surface area (Å²) in [5.41, 5.74) is 1.01. The van der Waals surface area contributed by atoms with Gasteiger partial charge >= 0.3 is 6.09 Å². The molecule has 0 bridgehead atoms. The third-order valence-electron chi connectivity index (χ3n) is 5.94. The molecular formula is C25H39NO4. The quantitative estimate of drug-likeness (QED) is 0.226. The molecule has 5 heteroatoms. The van der Waals surface area contributed by atoms with Crippen molar-refractivity contribution in [1.29, 1.82) is 0 Å². The van der Waals surface area contributed by atoms with Gasteiger partial charge in [0.25, 0.3) is 0 Å². The maximum atomic E-state index is 13.2. The van der Waals surface area contributed by atoms with E-state index in [1.54, 1.807) is 7.11 Å². The zero-order valence-electron chi connectivity index (χ0n) is 18.8. The minimum absolute atomic E-state index is 0.161. The van der Waals surface area contributed by atoms with E-state index < -0.39 is 0 Å². The van der Waals surface area contributed by atoms with Crippen LogP contribution in [0.15, 0.2) is 43.0 Å². The van der Waals surface area contributed by atoms with Gasteiger partial charge in [0.2, 0.25) is 0 Å². The van der Waals surface area contributed by atoms with Crippen molar-refractivity contribution in [2.75, 3.05) is 20.5 Å². The molecule has 0 N–H and O–H groups in total. The molecule has 1 aromatic rings. The number of amides is 1. The van der Waals surface area contributed by atoms with Crippen molar-refractivity contribution in [1.82, 2.24) is 4.90 Å². The Bertz CT molecular complexity index is 606. The fourth-order valence-corrected chi connectivity index (χ4v) is 4.45. The Morgan fingerprint density at radius 1 is 1.20 bits per heavy atom. The SMILES string of the molecule is C=CC[C@@H]1CC[C@H](CCCC)[C@@H](CCCOCOC)N1C(=O)OCc1ccccc1. The van der Waals surface area contributed by atoms with Crippen LogP contribution in [0.2, 0.25) is 0 Å². The summed E-state index contributed by atoms with van der Waals surface area (Å²) in [7, 11) is 1.63. The van der Waals surface area contributed by atoms with Crippen LogP contribution in [0.4, 0.5) is 4.79 Å². The van der Waals surface area contributed by atoms with E-state index in [0.717, 1.165) is 44.1 Å². The van der Waals surface area contributed by atoms with Gasteiger partial charge in [-0.2, -0.15) is 0 Å². The molecule has 1 saturated heterocycles. The Hall–Kier alpha value is -1.85. The third kappa shape index (κ3) is 7.77. The first kappa shape index (κ1) is 24.4. The summed E-state index contributed by atoms with van der Waals surface area (Å²) in [5.74, 6) is 0.512. The number of piperidine rings is 1. The van der Waals surface area contributed by atoms with Gasteiger partial charge in [-0.25, -0.2) is 4.79 Å². The molecule has 1 aliphatic heterocycles. The lowest BCUT2D eigenvalue weighted by Gasteiger charge is -2.46. The van der Waals surface area contributed by atoms with Crippen LogP contribution in [0.25, 0.3) is 0 Å². The molecule has 3 atom stereocenters. The first-order valence-corrected chi connectivity index (χ1v) is 11.4. The van der Waals surface area contributed by atoms with Crippen molar-refractivity contribution in [3.63, 3.8) is 0 Å². The molecule has 1 amide bonds. The van der Waals surface area contributed by atoms with Crippen molar-refractivity contribution < 1.29 is 19.0 Å². The zero-order chi connectivity index (χ0) is 21.6. The van der Waals surface area contributed by atoms with Crippen LogP contribution in [0.3, 0.4) is 0 Å². The Labute approximate surface area is 182 Å². The first-order valence-electron chi connectivity index (χ1n) is 11.4. The van der Waals surface area contributed by atoms with Gasteiger partial charge in [0, 0.05) is 25.8 Å². The highest BCUT2D eigenvalue weighted by atomic mass is 16.7. The number of likely N-dealkylation sites (tertiary alicyclic amines) is 1. The van der Waals surface area contributed by atoms with Crippen LogP contribution in [0.1, 0.15) is 63.9 Å². The lowest BCUT2D eigenvalue weighted by atomic mass is 9.80. The minimum Gasteiger partial charge on any atom is -0.445 e. The van der Waals surface area contributed by atoms with Crippen LogP contribution >= 0.6 is 0 Å². The van der Waals surface area contributed by atoms with Gasteiger partial charge in [-0.15, -0.1) is 6.58 Å². The molecule has 1 fully saturated rings. The monoisotopic (exact) mass is 417 g/mol. The molecule has 0 aromatic heterocycles. The number of unbranched alkanes of at least 4 members (excludes halogenated alkanes) is 1. The molecule has 0 aliphatic carbocycles. The number of hydrogen-bond donors (Lipinski definition) is 0. The van der Waals surface area contributed by atoms with Crippen molar-refractivity contribution in [2.45, 2.75) is 77.0 Å². The van der Waals surface area contributed by atoms with Crippen LogP contribution in [-0.4, -0.2) is 43.6 Å². The van der Waals surface area contributed by atoms with Crippen molar-refractivity contribution in [3.8, 4) is 0 Å². The third-order valence-corrected chi connectivity index (χ3v) is 5.94. The van der Waals surface area contributed by atoms with E-state index in [1.807, 2.05) is 41.3 Å². The smallest absolute Gasteiger partial charge is 0.410 e. The number of carbonyl (C=O) groups excluding carboxylic acids is 1. The number of rotatable bonds is 13. The zero-order valence-corrected chi connectivity index (χ0v) is 18.8. The second kappa shape index (κ2) is 14.2. The lowest BCUT2D eigenvalue weighted by Crippen LogP contribution is -2.54. The Morgan fingerprint density at radius 3 is 2.70 bits per heavy atom. The number of methoxy groups -OCH3 is 1. The molecule has 5 nitrogen and oxygen atoms in total. The maximum Gasteiger partial charge on any atom is 0.410 e. The number of nitrogens with zero attached hydrogens (tertiary/aromatic N) is 1. The highest BCUT2D eigenvalue weighted by Gasteiger charge is 2.39. The van der Waals surface area contributed by atoms with Gasteiger partial charge in [-0.1, -0.05) is 56.2 Å². The Morgan fingerprint density at radius 2 is 2.00 bits per heavy atom. The summed E-state index contributed by atoms with van der Waals surface area (Å²) in [6.45, 7) is 7.40. The van der Waals surface area contributed by atoms with E-state index in [0.29, 0.717) is 25.9 Å². The topological polar surface area (TPSA) is 48.0 Å². The summed E-state index contributed by atoms with van der Waals surface area (Å²) in [6, 6.07) is 10.2. The summed E-state index contributed by atoms with van der Waals surface area (Å²) in [4.78, 5) is 15.3.